The lowest BCUT2D eigenvalue weighted by Crippen LogP contribution is -2.09. The molecule has 2 heterocycles. The standard InChI is InChI=1S/C16H23N3OS2/c1-9(2)20-6-7-21-16-18-14(17)13-11-5-4-10(3)8-12(11)22-15(13)19-16/h9-10H,4-8H2,1-3H3,(H2,17,18,19). The van der Waals surface area contributed by atoms with Crippen LogP contribution < -0.4 is 5.73 Å². The average molecular weight is 338 g/mol. The number of nitrogens with two attached hydrogens (primary N) is 1. The van der Waals surface area contributed by atoms with Gasteiger partial charge in [-0.1, -0.05) is 18.7 Å². The molecule has 2 aromatic rings. The Balaban J connectivity index is 1.80. The summed E-state index contributed by atoms with van der Waals surface area (Å²) in [6.45, 7) is 7.12. The number of nitrogens with zero attached hydrogens (tertiary/aromatic N) is 2. The minimum Gasteiger partial charge on any atom is -0.383 e. The van der Waals surface area contributed by atoms with E-state index in [0.29, 0.717) is 12.4 Å². The van der Waals surface area contributed by atoms with Crippen molar-refractivity contribution >= 4 is 39.1 Å². The van der Waals surface area contributed by atoms with E-state index in [1.54, 1.807) is 23.1 Å². The van der Waals surface area contributed by atoms with Gasteiger partial charge in [-0.15, -0.1) is 11.3 Å². The molecular weight excluding hydrogens is 314 g/mol. The third-order valence-corrected chi connectivity index (χ3v) is 5.89. The maximum Gasteiger partial charge on any atom is 0.190 e. The number of fused-ring (bicyclic) bond motifs is 3. The van der Waals surface area contributed by atoms with Gasteiger partial charge in [-0.3, -0.25) is 0 Å². The number of hydrogen-bond donors (Lipinski definition) is 1. The van der Waals surface area contributed by atoms with E-state index in [9.17, 15) is 0 Å². The lowest BCUT2D eigenvalue weighted by atomic mass is 9.89. The fraction of sp³-hybridized carbons (Fsp3) is 0.625. The van der Waals surface area contributed by atoms with Crippen LogP contribution in [0.1, 0.15) is 37.6 Å². The van der Waals surface area contributed by atoms with Crippen molar-refractivity contribution in [3.05, 3.63) is 10.4 Å². The molecule has 0 aromatic carbocycles. The second-order valence-electron chi connectivity index (χ2n) is 6.19. The first kappa shape index (κ1) is 16.0. The van der Waals surface area contributed by atoms with Crippen molar-refractivity contribution in [3.63, 3.8) is 0 Å². The van der Waals surface area contributed by atoms with Gasteiger partial charge in [-0.2, -0.15) is 0 Å². The summed E-state index contributed by atoms with van der Waals surface area (Å²) in [5.74, 6) is 2.26. The lowest BCUT2D eigenvalue weighted by molar-refractivity contribution is 0.0920. The summed E-state index contributed by atoms with van der Waals surface area (Å²) in [5, 5.41) is 1.87. The molecule has 1 aliphatic carbocycles. The molecule has 0 aliphatic heterocycles. The molecule has 1 aliphatic rings. The van der Waals surface area contributed by atoms with Gasteiger partial charge in [0.15, 0.2) is 5.16 Å². The van der Waals surface area contributed by atoms with Crippen molar-refractivity contribution in [2.45, 2.75) is 51.3 Å². The van der Waals surface area contributed by atoms with E-state index in [2.05, 4.69) is 11.9 Å². The second-order valence-corrected chi connectivity index (χ2v) is 8.34. The van der Waals surface area contributed by atoms with Crippen LogP contribution in [0.3, 0.4) is 0 Å². The largest absolute Gasteiger partial charge is 0.383 e. The molecule has 2 N–H and O–H groups in total. The topological polar surface area (TPSA) is 61.0 Å². The number of anilines is 1. The number of hydrogen-bond acceptors (Lipinski definition) is 6. The first-order valence-electron chi connectivity index (χ1n) is 7.86. The Hall–Kier alpha value is -0.850. The van der Waals surface area contributed by atoms with Crippen molar-refractivity contribution < 1.29 is 4.74 Å². The van der Waals surface area contributed by atoms with E-state index >= 15 is 0 Å². The van der Waals surface area contributed by atoms with Crippen LogP contribution in [0.5, 0.6) is 0 Å². The number of aryl methyl sites for hydroxylation is 1. The van der Waals surface area contributed by atoms with Crippen molar-refractivity contribution in [2.24, 2.45) is 5.92 Å². The Bertz CT molecular complexity index is 669. The Morgan fingerprint density at radius 3 is 3.00 bits per heavy atom. The Morgan fingerprint density at radius 2 is 2.23 bits per heavy atom. The highest BCUT2D eigenvalue weighted by Gasteiger charge is 2.23. The van der Waals surface area contributed by atoms with Crippen LogP contribution in [-0.4, -0.2) is 28.4 Å². The van der Waals surface area contributed by atoms with E-state index in [-0.39, 0.29) is 6.10 Å². The monoisotopic (exact) mass is 337 g/mol. The van der Waals surface area contributed by atoms with Crippen molar-refractivity contribution in [1.29, 1.82) is 0 Å². The molecule has 0 amide bonds. The molecule has 0 saturated heterocycles. The minimum absolute atomic E-state index is 0.264. The van der Waals surface area contributed by atoms with Gasteiger partial charge in [0, 0.05) is 10.6 Å². The van der Waals surface area contributed by atoms with Gasteiger partial charge >= 0.3 is 0 Å². The van der Waals surface area contributed by atoms with E-state index in [1.807, 2.05) is 13.8 Å². The molecule has 120 valence electrons. The molecule has 0 fully saturated rings. The van der Waals surface area contributed by atoms with Crippen LogP contribution in [0.25, 0.3) is 10.2 Å². The predicted octanol–water partition coefficient (Wildman–Crippen LogP) is 3.92. The zero-order valence-electron chi connectivity index (χ0n) is 13.4. The van der Waals surface area contributed by atoms with Gasteiger partial charge in [-0.25, -0.2) is 9.97 Å². The fourth-order valence-electron chi connectivity index (χ4n) is 2.83. The first-order chi connectivity index (χ1) is 10.5. The highest BCUT2D eigenvalue weighted by Crippen LogP contribution is 2.39. The zero-order chi connectivity index (χ0) is 15.7. The molecule has 0 spiro atoms. The number of thiophene rings is 1. The quantitative estimate of drug-likeness (QED) is 0.509. The summed E-state index contributed by atoms with van der Waals surface area (Å²) in [7, 11) is 0. The highest BCUT2D eigenvalue weighted by molar-refractivity contribution is 7.99. The van der Waals surface area contributed by atoms with Gasteiger partial charge in [0.05, 0.1) is 18.1 Å². The molecule has 0 saturated carbocycles. The van der Waals surface area contributed by atoms with Crippen LogP contribution >= 0.6 is 23.1 Å². The second kappa shape index (κ2) is 6.72. The molecule has 0 radical (unpaired) electrons. The van der Waals surface area contributed by atoms with Crippen LogP contribution in [0.2, 0.25) is 0 Å². The molecule has 4 nitrogen and oxygen atoms in total. The zero-order valence-corrected chi connectivity index (χ0v) is 15.0. The maximum absolute atomic E-state index is 6.22. The Labute approximate surface area is 139 Å². The van der Waals surface area contributed by atoms with Crippen LogP contribution in [-0.2, 0) is 17.6 Å². The number of aromatic nitrogens is 2. The summed E-state index contributed by atoms with van der Waals surface area (Å²) >= 11 is 3.42. The first-order valence-corrected chi connectivity index (χ1v) is 9.67. The van der Waals surface area contributed by atoms with Gasteiger partial charge in [0.1, 0.15) is 10.6 Å². The van der Waals surface area contributed by atoms with Crippen LogP contribution in [0.4, 0.5) is 5.82 Å². The van der Waals surface area contributed by atoms with Crippen LogP contribution in [0.15, 0.2) is 5.16 Å². The molecule has 22 heavy (non-hydrogen) atoms. The van der Waals surface area contributed by atoms with Crippen molar-refractivity contribution in [2.75, 3.05) is 18.1 Å². The van der Waals surface area contributed by atoms with Crippen LogP contribution in [0, 0.1) is 5.92 Å². The summed E-state index contributed by atoms with van der Waals surface area (Å²) in [6.07, 6.45) is 3.76. The molecular formula is C16H23N3OS2. The number of ether oxygens (including phenoxy) is 1. The molecule has 3 rings (SSSR count). The van der Waals surface area contributed by atoms with Crippen molar-refractivity contribution in [1.82, 2.24) is 9.97 Å². The number of rotatable bonds is 5. The van der Waals surface area contributed by atoms with E-state index in [4.69, 9.17) is 15.5 Å². The molecule has 1 unspecified atom stereocenters. The van der Waals surface area contributed by atoms with E-state index in [0.717, 1.165) is 39.9 Å². The summed E-state index contributed by atoms with van der Waals surface area (Å²) in [6, 6.07) is 0. The van der Waals surface area contributed by atoms with Gasteiger partial charge in [0.2, 0.25) is 0 Å². The van der Waals surface area contributed by atoms with Gasteiger partial charge in [-0.05, 0) is 44.6 Å². The summed E-state index contributed by atoms with van der Waals surface area (Å²) in [4.78, 5) is 11.7. The number of nitrogen functional groups attached to an aromatic ring is 1. The SMILES string of the molecule is CC1CCc2c(sc3nc(SCCOC(C)C)nc(N)c23)C1. The van der Waals surface area contributed by atoms with Crippen molar-refractivity contribution in [3.8, 4) is 0 Å². The average Bonchev–Trinajstić information content (AvgIpc) is 2.81. The molecule has 0 bridgehead atoms. The lowest BCUT2D eigenvalue weighted by Gasteiger charge is -2.17. The Kier molecular flexibility index (Phi) is 4.90. The van der Waals surface area contributed by atoms with E-state index < -0.39 is 0 Å². The maximum atomic E-state index is 6.22. The number of thioether (sulfide) groups is 1. The summed E-state index contributed by atoms with van der Waals surface area (Å²) in [5.41, 5.74) is 7.62. The molecule has 1 atom stereocenters. The molecule has 6 heteroatoms. The van der Waals surface area contributed by atoms with E-state index in [1.165, 1.54) is 16.9 Å². The summed E-state index contributed by atoms with van der Waals surface area (Å²) < 4.78 is 5.55. The Morgan fingerprint density at radius 1 is 1.41 bits per heavy atom. The third kappa shape index (κ3) is 3.39. The fourth-order valence-corrected chi connectivity index (χ4v) is 4.96. The van der Waals surface area contributed by atoms with Gasteiger partial charge < -0.3 is 10.5 Å². The molecule has 2 aromatic heterocycles. The minimum atomic E-state index is 0.264. The van der Waals surface area contributed by atoms with Gasteiger partial charge in [0.25, 0.3) is 0 Å². The normalized spacial score (nSPS) is 18.1. The third-order valence-electron chi connectivity index (χ3n) is 3.93. The highest BCUT2D eigenvalue weighted by atomic mass is 32.2. The smallest absolute Gasteiger partial charge is 0.190 e. The predicted molar refractivity (Wildman–Crippen MR) is 94.8 cm³/mol.